The molecule has 0 saturated carbocycles. The molecule has 0 radical (unpaired) electrons. The molecule has 2 atom stereocenters. The maximum atomic E-state index is 9.29. The van der Waals surface area contributed by atoms with E-state index in [1.807, 2.05) is 13.8 Å². The first-order valence-corrected chi connectivity index (χ1v) is 5.72. The second kappa shape index (κ2) is 5.80. The third-order valence-corrected chi connectivity index (χ3v) is 2.73. The minimum Gasteiger partial charge on any atom is -0.396 e. The van der Waals surface area contributed by atoms with Crippen LogP contribution < -0.4 is 5.32 Å². The van der Waals surface area contributed by atoms with Crippen LogP contribution in [0.5, 0.6) is 0 Å². The van der Waals surface area contributed by atoms with E-state index in [9.17, 15) is 5.11 Å². The molecule has 0 amide bonds. The van der Waals surface area contributed by atoms with Crippen LogP contribution >= 0.6 is 0 Å². The van der Waals surface area contributed by atoms with Gasteiger partial charge in [-0.2, -0.15) is 0 Å². The number of nitrogens with one attached hydrogen (secondary N) is 1. The summed E-state index contributed by atoms with van der Waals surface area (Å²) in [4.78, 5) is 0. The highest BCUT2D eigenvalue weighted by Crippen LogP contribution is 2.27. The van der Waals surface area contributed by atoms with Crippen LogP contribution in [0.25, 0.3) is 0 Å². The Morgan fingerprint density at radius 1 is 1.53 bits per heavy atom. The highest BCUT2D eigenvalue weighted by Gasteiger charge is 2.36. The molecule has 0 aromatic heterocycles. The van der Waals surface area contributed by atoms with Crippen molar-refractivity contribution in [3.05, 3.63) is 0 Å². The summed E-state index contributed by atoms with van der Waals surface area (Å²) in [7, 11) is 0. The molecule has 4 nitrogen and oxygen atoms in total. The molecule has 2 unspecified atom stereocenters. The maximum absolute atomic E-state index is 9.29. The van der Waals surface area contributed by atoms with Gasteiger partial charge in [-0.15, -0.1) is 0 Å². The van der Waals surface area contributed by atoms with E-state index < -0.39 is 5.79 Å². The first-order valence-electron chi connectivity index (χ1n) is 5.72. The van der Waals surface area contributed by atoms with Crippen molar-refractivity contribution in [2.75, 3.05) is 26.3 Å². The third-order valence-electron chi connectivity index (χ3n) is 2.73. The summed E-state index contributed by atoms with van der Waals surface area (Å²) in [5, 5.41) is 12.5. The monoisotopic (exact) mass is 217 g/mol. The van der Waals surface area contributed by atoms with Crippen molar-refractivity contribution in [1.82, 2.24) is 5.32 Å². The van der Waals surface area contributed by atoms with Crippen LogP contribution in [0.4, 0.5) is 0 Å². The molecule has 1 aliphatic heterocycles. The van der Waals surface area contributed by atoms with E-state index in [1.54, 1.807) is 0 Å². The number of aliphatic hydroxyl groups excluding tert-OH is 1. The Morgan fingerprint density at radius 3 is 2.73 bits per heavy atom. The van der Waals surface area contributed by atoms with Crippen molar-refractivity contribution in [3.8, 4) is 0 Å². The summed E-state index contributed by atoms with van der Waals surface area (Å²) >= 11 is 0. The van der Waals surface area contributed by atoms with Gasteiger partial charge in [0.05, 0.1) is 12.7 Å². The second-order valence-electron chi connectivity index (χ2n) is 4.45. The van der Waals surface area contributed by atoms with Crippen molar-refractivity contribution in [2.45, 2.75) is 39.1 Å². The third kappa shape index (κ3) is 4.07. The molecule has 0 spiro atoms. The normalized spacial score (nSPS) is 26.8. The Kier molecular flexibility index (Phi) is 4.99. The van der Waals surface area contributed by atoms with Crippen molar-refractivity contribution in [2.24, 2.45) is 5.92 Å². The van der Waals surface area contributed by atoms with Gasteiger partial charge in [-0.1, -0.05) is 6.92 Å². The molecule has 1 fully saturated rings. The first kappa shape index (κ1) is 12.9. The lowest BCUT2D eigenvalue weighted by Crippen LogP contribution is -2.31. The average Bonchev–Trinajstić information content (AvgIpc) is 2.54. The molecule has 0 bridgehead atoms. The van der Waals surface area contributed by atoms with Gasteiger partial charge in [0.25, 0.3) is 0 Å². The van der Waals surface area contributed by atoms with Gasteiger partial charge < -0.3 is 19.9 Å². The molecule has 4 heteroatoms. The zero-order valence-corrected chi connectivity index (χ0v) is 9.95. The molecular weight excluding hydrogens is 194 g/mol. The molecule has 15 heavy (non-hydrogen) atoms. The summed E-state index contributed by atoms with van der Waals surface area (Å²) in [6.07, 6.45) is 0.956. The molecule has 0 aromatic carbocycles. The van der Waals surface area contributed by atoms with Crippen molar-refractivity contribution < 1.29 is 14.6 Å². The van der Waals surface area contributed by atoms with E-state index in [1.165, 1.54) is 0 Å². The summed E-state index contributed by atoms with van der Waals surface area (Å²) in [6, 6.07) is 0. The fourth-order valence-electron chi connectivity index (χ4n) is 1.81. The zero-order chi connectivity index (χ0) is 11.3. The SMILES string of the molecule is CCNCCC(CO)C1COC(C)(C)O1. The van der Waals surface area contributed by atoms with Gasteiger partial charge in [-0.25, -0.2) is 0 Å². The maximum Gasteiger partial charge on any atom is 0.163 e. The molecule has 1 saturated heterocycles. The molecule has 1 heterocycles. The molecule has 0 aliphatic carbocycles. The van der Waals surface area contributed by atoms with Crippen LogP contribution in [0.2, 0.25) is 0 Å². The standard InChI is InChI=1S/C11H23NO3/c1-4-12-6-5-9(7-13)10-8-14-11(2,3)15-10/h9-10,12-13H,4-8H2,1-3H3. The van der Waals surface area contributed by atoms with Gasteiger partial charge in [0.1, 0.15) is 0 Å². The summed E-state index contributed by atoms with van der Waals surface area (Å²) in [5.41, 5.74) is 0. The van der Waals surface area contributed by atoms with Gasteiger partial charge in [0.2, 0.25) is 0 Å². The lowest BCUT2D eigenvalue weighted by atomic mass is 10.00. The van der Waals surface area contributed by atoms with Gasteiger partial charge in [-0.05, 0) is 33.4 Å². The van der Waals surface area contributed by atoms with Gasteiger partial charge in [0.15, 0.2) is 5.79 Å². The Hall–Kier alpha value is -0.160. The molecule has 1 rings (SSSR count). The number of hydrogen-bond acceptors (Lipinski definition) is 4. The van der Waals surface area contributed by atoms with Crippen LogP contribution in [0, 0.1) is 5.92 Å². The lowest BCUT2D eigenvalue weighted by Gasteiger charge is -2.22. The van der Waals surface area contributed by atoms with E-state index in [0.717, 1.165) is 19.5 Å². The Balaban J connectivity index is 2.32. The van der Waals surface area contributed by atoms with E-state index in [-0.39, 0.29) is 18.6 Å². The van der Waals surface area contributed by atoms with E-state index in [4.69, 9.17) is 9.47 Å². The summed E-state index contributed by atoms with van der Waals surface area (Å²) < 4.78 is 11.2. The van der Waals surface area contributed by atoms with Crippen LogP contribution in [0.3, 0.4) is 0 Å². The Morgan fingerprint density at radius 2 is 2.27 bits per heavy atom. The molecule has 2 N–H and O–H groups in total. The smallest absolute Gasteiger partial charge is 0.163 e. The topological polar surface area (TPSA) is 50.7 Å². The first-order chi connectivity index (χ1) is 7.09. The number of ether oxygens (including phenoxy) is 2. The highest BCUT2D eigenvalue weighted by molar-refractivity contribution is 4.78. The Labute approximate surface area is 92.0 Å². The van der Waals surface area contributed by atoms with Crippen LogP contribution in [-0.2, 0) is 9.47 Å². The summed E-state index contributed by atoms with van der Waals surface area (Å²) in [6.45, 7) is 8.53. The predicted molar refractivity (Wildman–Crippen MR) is 58.6 cm³/mol. The number of rotatable bonds is 6. The molecular formula is C11H23NO3. The average molecular weight is 217 g/mol. The number of hydrogen-bond donors (Lipinski definition) is 2. The van der Waals surface area contributed by atoms with Crippen molar-refractivity contribution in [1.29, 1.82) is 0 Å². The Bertz CT molecular complexity index is 185. The van der Waals surface area contributed by atoms with E-state index in [0.29, 0.717) is 6.61 Å². The molecule has 1 aliphatic rings. The fraction of sp³-hybridized carbons (Fsp3) is 1.00. The molecule has 90 valence electrons. The van der Waals surface area contributed by atoms with E-state index in [2.05, 4.69) is 12.2 Å². The largest absolute Gasteiger partial charge is 0.396 e. The minimum atomic E-state index is -0.490. The van der Waals surface area contributed by atoms with E-state index >= 15 is 0 Å². The van der Waals surface area contributed by atoms with Crippen LogP contribution in [0.1, 0.15) is 27.2 Å². The molecule has 0 aromatic rings. The zero-order valence-electron chi connectivity index (χ0n) is 9.95. The lowest BCUT2D eigenvalue weighted by molar-refractivity contribution is -0.146. The predicted octanol–water partition coefficient (Wildman–Crippen LogP) is 0.746. The van der Waals surface area contributed by atoms with Gasteiger partial charge in [-0.3, -0.25) is 0 Å². The van der Waals surface area contributed by atoms with Crippen molar-refractivity contribution in [3.63, 3.8) is 0 Å². The highest BCUT2D eigenvalue weighted by atomic mass is 16.7. The number of aliphatic hydroxyl groups is 1. The fourth-order valence-corrected chi connectivity index (χ4v) is 1.81. The quantitative estimate of drug-likeness (QED) is 0.645. The summed E-state index contributed by atoms with van der Waals surface area (Å²) in [5.74, 6) is -0.318. The second-order valence-corrected chi connectivity index (χ2v) is 4.45. The van der Waals surface area contributed by atoms with Crippen LogP contribution in [0.15, 0.2) is 0 Å². The van der Waals surface area contributed by atoms with Crippen LogP contribution in [-0.4, -0.2) is 43.3 Å². The van der Waals surface area contributed by atoms with Gasteiger partial charge in [0, 0.05) is 12.5 Å². The van der Waals surface area contributed by atoms with Crippen molar-refractivity contribution >= 4 is 0 Å². The minimum absolute atomic E-state index is 0.0312. The van der Waals surface area contributed by atoms with Gasteiger partial charge >= 0.3 is 0 Å².